The molecule has 2 heterocycles. The van der Waals surface area contributed by atoms with Crippen LogP contribution in [0.1, 0.15) is 11.5 Å². The molecule has 0 bridgehead atoms. The van der Waals surface area contributed by atoms with Crippen LogP contribution in [0.2, 0.25) is 0 Å². The molecular weight excluding hydrogens is 400 g/mol. The van der Waals surface area contributed by atoms with Crippen LogP contribution in [0.15, 0.2) is 47.0 Å². The van der Waals surface area contributed by atoms with Crippen LogP contribution in [0, 0.1) is 21.4 Å². The summed E-state index contributed by atoms with van der Waals surface area (Å²) in [5, 5.41) is 24.6. The van der Waals surface area contributed by atoms with E-state index in [1.165, 1.54) is 12.1 Å². The molecule has 10 nitrogen and oxygen atoms in total. The summed E-state index contributed by atoms with van der Waals surface area (Å²) in [6, 6.07) is 13.9. The number of rotatable bonds is 6. The van der Waals surface area contributed by atoms with E-state index >= 15 is 0 Å². The number of ether oxygens (including phenoxy) is 1. The first kappa shape index (κ1) is 20.3. The summed E-state index contributed by atoms with van der Waals surface area (Å²) in [6.07, 6.45) is 0. The maximum absolute atomic E-state index is 11.4. The normalized spacial score (nSPS) is 14.3. The average molecular weight is 420 g/mol. The Balaban J connectivity index is 1.40. The van der Waals surface area contributed by atoms with Crippen molar-refractivity contribution in [2.45, 2.75) is 6.54 Å². The highest BCUT2D eigenvalue weighted by Crippen LogP contribution is 2.30. The summed E-state index contributed by atoms with van der Waals surface area (Å²) in [5.41, 5.74) is 1.72. The van der Waals surface area contributed by atoms with E-state index in [9.17, 15) is 10.1 Å². The van der Waals surface area contributed by atoms with Gasteiger partial charge in [-0.3, -0.25) is 15.0 Å². The molecule has 31 heavy (non-hydrogen) atoms. The molecule has 1 fully saturated rings. The van der Waals surface area contributed by atoms with E-state index in [2.05, 4.69) is 15.0 Å². The lowest BCUT2D eigenvalue weighted by Gasteiger charge is -2.35. The van der Waals surface area contributed by atoms with Gasteiger partial charge < -0.3 is 14.2 Å². The minimum atomic E-state index is -0.415. The monoisotopic (exact) mass is 420 g/mol. The van der Waals surface area contributed by atoms with Crippen molar-refractivity contribution in [1.82, 2.24) is 15.0 Å². The van der Waals surface area contributed by atoms with Gasteiger partial charge in [0.05, 0.1) is 30.2 Å². The van der Waals surface area contributed by atoms with Gasteiger partial charge in [-0.25, -0.2) is 0 Å². The highest BCUT2D eigenvalue weighted by atomic mass is 16.6. The molecular formula is C21H20N6O4. The fraction of sp³-hybridized carbons (Fsp3) is 0.286. The molecule has 158 valence electrons. The molecule has 0 unspecified atom stereocenters. The number of benzene rings is 2. The van der Waals surface area contributed by atoms with E-state index in [4.69, 9.17) is 14.5 Å². The van der Waals surface area contributed by atoms with Gasteiger partial charge in [0.15, 0.2) is 0 Å². The van der Waals surface area contributed by atoms with Gasteiger partial charge in [-0.2, -0.15) is 10.2 Å². The van der Waals surface area contributed by atoms with Gasteiger partial charge in [0.25, 0.3) is 5.69 Å². The van der Waals surface area contributed by atoms with Gasteiger partial charge in [0.2, 0.25) is 11.7 Å². The van der Waals surface area contributed by atoms with E-state index in [-0.39, 0.29) is 5.69 Å². The zero-order valence-corrected chi connectivity index (χ0v) is 16.9. The Labute approximate surface area is 178 Å². The highest BCUT2D eigenvalue weighted by Gasteiger charge is 2.25. The van der Waals surface area contributed by atoms with Crippen molar-refractivity contribution >= 4 is 11.4 Å². The molecule has 4 rings (SSSR count). The molecule has 3 aromatic rings. The molecule has 1 aliphatic rings. The first-order chi connectivity index (χ1) is 15.1. The van der Waals surface area contributed by atoms with Crippen molar-refractivity contribution in [1.29, 1.82) is 5.26 Å². The van der Waals surface area contributed by atoms with Crippen LogP contribution in [0.3, 0.4) is 0 Å². The number of nitro groups is 1. The van der Waals surface area contributed by atoms with E-state index in [0.717, 1.165) is 11.3 Å². The topological polar surface area (TPSA) is 122 Å². The third-order valence-electron chi connectivity index (χ3n) is 5.19. The lowest BCUT2D eigenvalue weighted by atomic mass is 10.1. The lowest BCUT2D eigenvalue weighted by Crippen LogP contribution is -2.46. The predicted octanol–water partition coefficient (Wildman–Crippen LogP) is 2.85. The number of anilines is 1. The lowest BCUT2D eigenvalue weighted by molar-refractivity contribution is -0.384. The van der Waals surface area contributed by atoms with Crippen molar-refractivity contribution in [2.24, 2.45) is 0 Å². The Morgan fingerprint density at radius 2 is 1.94 bits per heavy atom. The molecule has 0 radical (unpaired) electrons. The number of nitro benzene ring substituents is 1. The van der Waals surface area contributed by atoms with E-state index in [1.807, 2.05) is 35.2 Å². The standard InChI is InChI=1S/C21H20N6O4/c1-30-17-5-3-16(4-6-17)21-23-20(31-24-21)14-25-8-10-26(11-9-25)19-12-15(13-22)2-7-18(19)27(28)29/h2-7,12H,8-11,14H2,1H3. The van der Waals surface area contributed by atoms with Crippen molar-refractivity contribution < 1.29 is 14.2 Å². The number of hydrogen-bond donors (Lipinski definition) is 0. The van der Waals surface area contributed by atoms with Crippen molar-refractivity contribution in [3.05, 3.63) is 64.0 Å². The summed E-state index contributed by atoms with van der Waals surface area (Å²) in [4.78, 5) is 19.5. The smallest absolute Gasteiger partial charge is 0.292 e. The third-order valence-corrected chi connectivity index (χ3v) is 5.19. The van der Waals surface area contributed by atoms with Crippen LogP contribution >= 0.6 is 0 Å². The van der Waals surface area contributed by atoms with Crippen LogP contribution in [-0.2, 0) is 6.54 Å². The summed E-state index contributed by atoms with van der Waals surface area (Å²) in [5.74, 6) is 1.78. The molecule has 0 aliphatic carbocycles. The summed E-state index contributed by atoms with van der Waals surface area (Å²) in [6.45, 7) is 3.03. The molecule has 1 aliphatic heterocycles. The maximum atomic E-state index is 11.4. The Morgan fingerprint density at radius 1 is 1.19 bits per heavy atom. The van der Waals surface area contributed by atoms with E-state index < -0.39 is 4.92 Å². The van der Waals surface area contributed by atoms with Crippen LogP contribution in [0.4, 0.5) is 11.4 Å². The van der Waals surface area contributed by atoms with E-state index in [1.54, 1.807) is 13.2 Å². The first-order valence-electron chi connectivity index (χ1n) is 9.70. The van der Waals surface area contributed by atoms with Gasteiger partial charge in [0, 0.05) is 37.8 Å². The zero-order chi connectivity index (χ0) is 21.8. The molecule has 1 aromatic heterocycles. The molecule has 0 spiro atoms. The second-order valence-electron chi connectivity index (χ2n) is 7.08. The summed E-state index contributed by atoms with van der Waals surface area (Å²) < 4.78 is 10.6. The second kappa shape index (κ2) is 8.81. The Hall–Kier alpha value is -3.97. The first-order valence-corrected chi connectivity index (χ1v) is 9.70. The predicted molar refractivity (Wildman–Crippen MR) is 112 cm³/mol. The quantitative estimate of drug-likeness (QED) is 0.437. The van der Waals surface area contributed by atoms with Gasteiger partial charge in [-0.1, -0.05) is 5.16 Å². The van der Waals surface area contributed by atoms with Gasteiger partial charge >= 0.3 is 0 Å². The van der Waals surface area contributed by atoms with Crippen LogP contribution < -0.4 is 9.64 Å². The number of methoxy groups -OCH3 is 1. The zero-order valence-electron chi connectivity index (χ0n) is 16.9. The summed E-state index contributed by atoms with van der Waals surface area (Å²) >= 11 is 0. The van der Waals surface area contributed by atoms with E-state index in [0.29, 0.717) is 55.7 Å². The Kier molecular flexibility index (Phi) is 5.77. The molecule has 10 heteroatoms. The molecule has 0 amide bonds. The Bertz CT molecular complexity index is 1110. The van der Waals surface area contributed by atoms with Gasteiger partial charge in [0.1, 0.15) is 11.4 Å². The highest BCUT2D eigenvalue weighted by molar-refractivity contribution is 5.66. The number of piperazine rings is 1. The maximum Gasteiger partial charge on any atom is 0.292 e. The van der Waals surface area contributed by atoms with Gasteiger partial charge in [-0.15, -0.1) is 0 Å². The minimum Gasteiger partial charge on any atom is -0.497 e. The number of nitriles is 1. The largest absolute Gasteiger partial charge is 0.497 e. The van der Waals surface area contributed by atoms with Crippen molar-refractivity contribution in [3.8, 4) is 23.2 Å². The number of aromatic nitrogens is 2. The molecule has 1 saturated heterocycles. The molecule has 0 N–H and O–H groups in total. The fourth-order valence-electron chi connectivity index (χ4n) is 3.52. The fourth-order valence-corrected chi connectivity index (χ4v) is 3.52. The Morgan fingerprint density at radius 3 is 2.58 bits per heavy atom. The molecule has 0 atom stereocenters. The molecule has 0 saturated carbocycles. The SMILES string of the molecule is COc1ccc(-c2noc(CN3CCN(c4cc(C#N)ccc4[N+](=O)[O-])CC3)n2)cc1. The van der Waals surface area contributed by atoms with Crippen LogP contribution in [-0.4, -0.2) is 53.3 Å². The number of hydrogen-bond acceptors (Lipinski definition) is 9. The molecule has 2 aromatic carbocycles. The van der Waals surface area contributed by atoms with Crippen molar-refractivity contribution in [2.75, 3.05) is 38.2 Å². The number of nitrogens with zero attached hydrogens (tertiary/aromatic N) is 6. The van der Waals surface area contributed by atoms with Crippen LogP contribution in [0.25, 0.3) is 11.4 Å². The van der Waals surface area contributed by atoms with Gasteiger partial charge in [-0.05, 0) is 36.4 Å². The third kappa shape index (κ3) is 4.46. The van der Waals surface area contributed by atoms with Crippen molar-refractivity contribution in [3.63, 3.8) is 0 Å². The summed E-state index contributed by atoms with van der Waals surface area (Å²) in [7, 11) is 1.61. The average Bonchev–Trinajstić information content (AvgIpc) is 3.27. The minimum absolute atomic E-state index is 0.00786. The second-order valence-corrected chi connectivity index (χ2v) is 7.08. The van der Waals surface area contributed by atoms with Crippen LogP contribution in [0.5, 0.6) is 5.75 Å².